The van der Waals surface area contributed by atoms with Gasteiger partial charge in [-0.05, 0) is 43.4 Å². The van der Waals surface area contributed by atoms with E-state index in [1.807, 2.05) is 0 Å². The summed E-state index contributed by atoms with van der Waals surface area (Å²) >= 11 is 0. The normalized spacial score (nSPS) is 24.1. The lowest BCUT2D eigenvalue weighted by molar-refractivity contribution is -0.0989. The molecule has 0 spiro atoms. The molecule has 2 aliphatic rings. The molecule has 0 unspecified atom stereocenters. The summed E-state index contributed by atoms with van der Waals surface area (Å²) in [5.41, 5.74) is 3.66. The molecule has 1 heterocycles. The fraction of sp³-hybridized carbons (Fsp3) is 0.600. The van der Waals surface area contributed by atoms with Crippen LogP contribution in [0.5, 0.6) is 0 Å². The van der Waals surface area contributed by atoms with E-state index < -0.39 is 0 Å². The second-order valence-corrected chi connectivity index (χ2v) is 5.70. The van der Waals surface area contributed by atoms with E-state index >= 15 is 0 Å². The van der Waals surface area contributed by atoms with Gasteiger partial charge in [0.25, 0.3) is 0 Å². The number of nitrogens with one attached hydrogen (secondary N) is 1. The van der Waals surface area contributed by atoms with E-state index in [1.54, 1.807) is 0 Å². The Hall–Kier alpha value is -0.860. The molecule has 0 radical (unpaired) electrons. The SMILES string of the molecule is CNCC1(C2(c3ccccc3C)COC2)CC1. The van der Waals surface area contributed by atoms with E-state index in [9.17, 15) is 0 Å². The van der Waals surface area contributed by atoms with Crippen molar-refractivity contribution in [3.8, 4) is 0 Å². The molecule has 92 valence electrons. The predicted octanol–water partition coefficient (Wildman–Crippen LogP) is 2.26. The molecule has 1 aromatic rings. The first kappa shape index (κ1) is 11.2. The van der Waals surface area contributed by atoms with E-state index in [0.29, 0.717) is 5.41 Å². The monoisotopic (exact) mass is 231 g/mol. The predicted molar refractivity (Wildman–Crippen MR) is 69.3 cm³/mol. The van der Waals surface area contributed by atoms with Gasteiger partial charge in [0.2, 0.25) is 0 Å². The largest absolute Gasteiger partial charge is 0.379 e. The maximum atomic E-state index is 5.59. The summed E-state index contributed by atoms with van der Waals surface area (Å²) in [6.45, 7) is 5.15. The second-order valence-electron chi connectivity index (χ2n) is 5.70. The van der Waals surface area contributed by atoms with Crippen molar-refractivity contribution >= 4 is 0 Å². The first-order valence-corrected chi connectivity index (χ1v) is 6.53. The Morgan fingerprint density at radius 1 is 1.24 bits per heavy atom. The molecular weight excluding hydrogens is 210 g/mol. The van der Waals surface area contributed by atoms with Gasteiger partial charge in [0.1, 0.15) is 0 Å². The molecule has 0 atom stereocenters. The van der Waals surface area contributed by atoms with Crippen LogP contribution in [-0.2, 0) is 10.2 Å². The molecule has 17 heavy (non-hydrogen) atoms. The molecule has 1 N–H and O–H groups in total. The van der Waals surface area contributed by atoms with Gasteiger partial charge in [0, 0.05) is 12.0 Å². The minimum Gasteiger partial charge on any atom is -0.379 e. The zero-order chi connectivity index (χ0) is 11.9. The minimum absolute atomic E-state index is 0.279. The van der Waals surface area contributed by atoms with Crippen LogP contribution in [-0.4, -0.2) is 26.8 Å². The van der Waals surface area contributed by atoms with Crippen LogP contribution in [0, 0.1) is 12.3 Å². The first-order valence-electron chi connectivity index (χ1n) is 6.53. The number of aryl methyl sites for hydroxylation is 1. The van der Waals surface area contributed by atoms with Gasteiger partial charge in [-0.1, -0.05) is 24.3 Å². The Morgan fingerprint density at radius 2 is 1.94 bits per heavy atom. The highest BCUT2D eigenvalue weighted by molar-refractivity contribution is 5.40. The number of hydrogen-bond donors (Lipinski definition) is 1. The molecule has 2 nitrogen and oxygen atoms in total. The van der Waals surface area contributed by atoms with Crippen LogP contribution in [0.2, 0.25) is 0 Å². The van der Waals surface area contributed by atoms with Crippen molar-refractivity contribution in [3.05, 3.63) is 35.4 Å². The van der Waals surface area contributed by atoms with Crippen molar-refractivity contribution in [3.63, 3.8) is 0 Å². The quantitative estimate of drug-likeness (QED) is 0.858. The minimum atomic E-state index is 0.279. The van der Waals surface area contributed by atoms with Crippen LogP contribution in [0.1, 0.15) is 24.0 Å². The number of hydrogen-bond acceptors (Lipinski definition) is 2. The highest BCUT2D eigenvalue weighted by Gasteiger charge is 2.63. The average Bonchev–Trinajstić information content (AvgIpc) is 3.01. The lowest BCUT2D eigenvalue weighted by atomic mass is 9.65. The summed E-state index contributed by atoms with van der Waals surface area (Å²) in [5.74, 6) is 0. The van der Waals surface area contributed by atoms with Crippen molar-refractivity contribution in [2.45, 2.75) is 25.2 Å². The molecule has 0 amide bonds. The maximum absolute atomic E-state index is 5.59. The fourth-order valence-electron chi connectivity index (χ4n) is 3.48. The average molecular weight is 231 g/mol. The molecule has 1 aromatic carbocycles. The summed E-state index contributed by atoms with van der Waals surface area (Å²) in [6, 6.07) is 8.82. The van der Waals surface area contributed by atoms with Gasteiger partial charge in [-0.3, -0.25) is 0 Å². The Bertz CT molecular complexity index is 419. The first-order chi connectivity index (χ1) is 8.24. The van der Waals surface area contributed by atoms with E-state index in [2.05, 4.69) is 43.6 Å². The van der Waals surface area contributed by atoms with Crippen molar-refractivity contribution in [2.24, 2.45) is 5.41 Å². The fourth-order valence-corrected chi connectivity index (χ4v) is 3.48. The van der Waals surface area contributed by atoms with Gasteiger partial charge in [0.15, 0.2) is 0 Å². The zero-order valence-corrected chi connectivity index (χ0v) is 10.8. The number of rotatable bonds is 4. The topological polar surface area (TPSA) is 21.3 Å². The van der Waals surface area contributed by atoms with Crippen molar-refractivity contribution in [1.82, 2.24) is 5.32 Å². The molecule has 1 aliphatic carbocycles. The third-order valence-corrected chi connectivity index (χ3v) is 4.74. The van der Waals surface area contributed by atoms with Crippen LogP contribution < -0.4 is 5.32 Å². The standard InChI is InChI=1S/C15H21NO/c1-12-5-3-4-6-13(12)15(10-17-11-15)14(7-8-14)9-16-2/h3-6,16H,7-11H2,1-2H3. The van der Waals surface area contributed by atoms with Crippen LogP contribution in [0.15, 0.2) is 24.3 Å². The molecule has 2 heteroatoms. The Balaban J connectivity index is 2.01. The van der Waals surface area contributed by atoms with Crippen molar-refractivity contribution < 1.29 is 4.74 Å². The third kappa shape index (κ3) is 1.47. The van der Waals surface area contributed by atoms with Crippen molar-refractivity contribution in [2.75, 3.05) is 26.8 Å². The van der Waals surface area contributed by atoms with Gasteiger partial charge in [0.05, 0.1) is 13.2 Å². The summed E-state index contributed by atoms with van der Waals surface area (Å²) in [7, 11) is 2.06. The maximum Gasteiger partial charge on any atom is 0.0591 e. The highest BCUT2D eigenvalue weighted by atomic mass is 16.5. The number of benzene rings is 1. The van der Waals surface area contributed by atoms with Crippen molar-refractivity contribution in [1.29, 1.82) is 0 Å². The van der Waals surface area contributed by atoms with Gasteiger partial charge >= 0.3 is 0 Å². The molecular formula is C15H21NO. The molecule has 1 saturated heterocycles. The van der Waals surface area contributed by atoms with Crippen LogP contribution in [0.3, 0.4) is 0 Å². The molecule has 2 fully saturated rings. The van der Waals surface area contributed by atoms with E-state index in [0.717, 1.165) is 19.8 Å². The van der Waals surface area contributed by atoms with Gasteiger partial charge < -0.3 is 10.1 Å². The molecule has 1 aliphatic heterocycles. The summed E-state index contributed by atoms with van der Waals surface area (Å²) in [5, 5.41) is 3.38. The van der Waals surface area contributed by atoms with Gasteiger partial charge in [-0.2, -0.15) is 0 Å². The smallest absolute Gasteiger partial charge is 0.0591 e. The molecule has 0 aromatic heterocycles. The van der Waals surface area contributed by atoms with Crippen LogP contribution >= 0.6 is 0 Å². The van der Waals surface area contributed by atoms with E-state index in [-0.39, 0.29) is 5.41 Å². The van der Waals surface area contributed by atoms with E-state index in [4.69, 9.17) is 4.74 Å². The zero-order valence-electron chi connectivity index (χ0n) is 10.8. The Morgan fingerprint density at radius 3 is 2.41 bits per heavy atom. The third-order valence-electron chi connectivity index (χ3n) is 4.74. The van der Waals surface area contributed by atoms with Crippen LogP contribution in [0.25, 0.3) is 0 Å². The summed E-state index contributed by atoms with van der Waals surface area (Å²) in [4.78, 5) is 0. The highest BCUT2D eigenvalue weighted by Crippen LogP contribution is 2.62. The molecule has 0 bridgehead atoms. The Kier molecular flexibility index (Phi) is 2.53. The summed E-state index contributed by atoms with van der Waals surface area (Å²) < 4.78 is 5.59. The van der Waals surface area contributed by atoms with Gasteiger partial charge in [-0.25, -0.2) is 0 Å². The lowest BCUT2D eigenvalue weighted by Crippen LogP contribution is -2.56. The summed E-state index contributed by atoms with van der Waals surface area (Å²) in [6.07, 6.45) is 2.68. The van der Waals surface area contributed by atoms with E-state index in [1.165, 1.54) is 24.0 Å². The molecule has 3 rings (SSSR count). The van der Waals surface area contributed by atoms with Gasteiger partial charge in [-0.15, -0.1) is 0 Å². The lowest BCUT2D eigenvalue weighted by Gasteiger charge is -2.49. The second kappa shape index (κ2) is 3.82. The molecule has 1 saturated carbocycles. The Labute approximate surface area is 103 Å². The van der Waals surface area contributed by atoms with Crippen LogP contribution in [0.4, 0.5) is 0 Å². The number of ether oxygens (including phenoxy) is 1.